The second kappa shape index (κ2) is 6.58. The van der Waals surface area contributed by atoms with Crippen LogP contribution >= 0.6 is 0 Å². The highest BCUT2D eigenvalue weighted by atomic mass is 32.2. The van der Waals surface area contributed by atoms with E-state index in [1.807, 2.05) is 12.3 Å². The predicted molar refractivity (Wildman–Crippen MR) is 114 cm³/mol. The summed E-state index contributed by atoms with van der Waals surface area (Å²) < 4.78 is 34.2. The fraction of sp³-hybridized carbons (Fsp3) is 0.727. The molecule has 0 spiro atoms. The van der Waals surface area contributed by atoms with Crippen LogP contribution in [0.15, 0.2) is 12.3 Å². The van der Waals surface area contributed by atoms with E-state index in [-0.39, 0.29) is 5.95 Å². The molecule has 0 unspecified atom stereocenters. The Balaban J connectivity index is 1.31. The summed E-state index contributed by atoms with van der Waals surface area (Å²) in [6, 6.07) is 1.95. The molecule has 5 aliphatic rings. The topological polar surface area (TPSA) is 85.6 Å². The van der Waals surface area contributed by atoms with Crippen molar-refractivity contribution < 1.29 is 13.2 Å². The molecular formula is C22H30N4O3S. The highest BCUT2D eigenvalue weighted by Gasteiger charge is 2.51. The molecular weight excluding hydrogens is 400 g/mol. The zero-order chi connectivity index (χ0) is 20.5. The second-order valence-electron chi connectivity index (χ2n) is 10.6. The molecule has 7 rings (SSSR count). The van der Waals surface area contributed by atoms with Crippen LogP contribution in [0.25, 0.3) is 5.65 Å². The van der Waals surface area contributed by atoms with Crippen LogP contribution in [0.3, 0.4) is 0 Å². The lowest BCUT2D eigenvalue weighted by Gasteiger charge is -2.56. The molecule has 162 valence electrons. The highest BCUT2D eigenvalue weighted by molar-refractivity contribution is 7.92. The Bertz CT molecular complexity index is 1050. The molecule has 0 amide bonds. The number of sulfonamides is 1. The van der Waals surface area contributed by atoms with Crippen molar-refractivity contribution in [1.82, 2.24) is 14.6 Å². The van der Waals surface area contributed by atoms with Crippen molar-refractivity contribution in [3.05, 3.63) is 17.8 Å². The van der Waals surface area contributed by atoms with Crippen LogP contribution in [0.2, 0.25) is 0 Å². The van der Waals surface area contributed by atoms with Gasteiger partial charge in [-0.3, -0.25) is 9.12 Å². The summed E-state index contributed by atoms with van der Waals surface area (Å²) in [5.74, 6) is 4.36. The fourth-order valence-corrected chi connectivity index (χ4v) is 7.49. The first-order chi connectivity index (χ1) is 14.4. The molecule has 7 nitrogen and oxygen atoms in total. The third-order valence-electron chi connectivity index (χ3n) is 8.06. The number of hydrogen-bond donors (Lipinski definition) is 1. The lowest BCUT2D eigenvalue weighted by Crippen LogP contribution is -2.48. The first-order valence-electron chi connectivity index (χ1n) is 11.4. The zero-order valence-corrected chi connectivity index (χ0v) is 18.3. The summed E-state index contributed by atoms with van der Waals surface area (Å²) >= 11 is 0. The average Bonchev–Trinajstić information content (AvgIpc) is 2.97. The molecule has 1 N–H and O–H groups in total. The van der Waals surface area contributed by atoms with Crippen LogP contribution in [0.5, 0.6) is 5.75 Å². The van der Waals surface area contributed by atoms with Crippen LogP contribution in [-0.2, 0) is 10.0 Å². The van der Waals surface area contributed by atoms with Gasteiger partial charge in [0, 0.05) is 23.2 Å². The normalized spacial score (nSPS) is 33.0. The maximum absolute atomic E-state index is 11.7. The summed E-state index contributed by atoms with van der Waals surface area (Å²) in [6.45, 7) is 0.801. The number of rotatable bonds is 6. The van der Waals surface area contributed by atoms with Crippen LogP contribution < -0.4 is 9.46 Å². The van der Waals surface area contributed by atoms with Crippen LogP contribution in [0.1, 0.15) is 69.3 Å². The monoisotopic (exact) mass is 430 g/mol. The molecule has 8 heteroatoms. The number of aromatic nitrogens is 3. The van der Waals surface area contributed by atoms with Crippen LogP contribution in [-0.4, -0.2) is 35.9 Å². The molecule has 0 atom stereocenters. The van der Waals surface area contributed by atoms with Gasteiger partial charge in [-0.2, -0.15) is 0 Å². The van der Waals surface area contributed by atoms with Crippen LogP contribution in [0.4, 0.5) is 5.95 Å². The lowest BCUT2D eigenvalue weighted by molar-refractivity contribution is -0.0747. The largest absolute Gasteiger partial charge is 0.493 e. The quantitative estimate of drug-likeness (QED) is 0.750. The summed E-state index contributed by atoms with van der Waals surface area (Å²) in [4.78, 5) is 0. The van der Waals surface area contributed by atoms with E-state index >= 15 is 0 Å². The van der Waals surface area contributed by atoms with Crippen molar-refractivity contribution in [2.75, 3.05) is 17.6 Å². The van der Waals surface area contributed by atoms with Gasteiger partial charge in [-0.25, -0.2) is 8.42 Å². The van der Waals surface area contributed by atoms with Gasteiger partial charge in [-0.15, -0.1) is 10.2 Å². The summed E-state index contributed by atoms with van der Waals surface area (Å²) in [5, 5.41) is 8.24. The van der Waals surface area contributed by atoms with Crippen molar-refractivity contribution in [2.24, 2.45) is 23.2 Å². The molecule has 5 aliphatic carbocycles. The zero-order valence-electron chi connectivity index (χ0n) is 17.5. The molecule has 0 radical (unpaired) electrons. The van der Waals surface area contributed by atoms with E-state index in [2.05, 4.69) is 14.9 Å². The fourth-order valence-electron chi connectivity index (χ4n) is 7.02. The number of ether oxygens (including phenoxy) is 1. The Morgan fingerprint density at radius 3 is 2.37 bits per heavy atom. The van der Waals surface area contributed by atoms with E-state index in [0.717, 1.165) is 54.8 Å². The maximum Gasteiger partial charge on any atom is 0.242 e. The SMILES string of the molecule is CS(=O)(=O)Nc1nnc2cc(OCC34CC5CC(CC(C5)C3)C4)c(C3CCC3)cn12. The molecule has 30 heavy (non-hydrogen) atoms. The molecule has 2 aromatic rings. The molecule has 4 bridgehead atoms. The van der Waals surface area contributed by atoms with E-state index in [0.29, 0.717) is 17.0 Å². The van der Waals surface area contributed by atoms with Crippen molar-refractivity contribution >= 4 is 21.6 Å². The Morgan fingerprint density at radius 2 is 1.80 bits per heavy atom. The predicted octanol–water partition coefficient (Wildman–Crippen LogP) is 3.96. The van der Waals surface area contributed by atoms with Crippen LogP contribution in [0, 0.1) is 23.2 Å². The molecule has 5 fully saturated rings. The maximum atomic E-state index is 11.7. The van der Waals surface area contributed by atoms with E-state index in [1.165, 1.54) is 44.9 Å². The van der Waals surface area contributed by atoms with E-state index in [1.54, 1.807) is 4.40 Å². The minimum Gasteiger partial charge on any atom is -0.493 e. The molecule has 0 saturated heterocycles. The minimum absolute atomic E-state index is 0.237. The van der Waals surface area contributed by atoms with Gasteiger partial charge in [-0.05, 0) is 75.0 Å². The number of anilines is 1. The highest BCUT2D eigenvalue weighted by Crippen LogP contribution is 2.60. The average molecular weight is 431 g/mol. The number of hydrogen-bond acceptors (Lipinski definition) is 5. The van der Waals surface area contributed by atoms with Gasteiger partial charge in [0.1, 0.15) is 5.75 Å². The van der Waals surface area contributed by atoms with Crippen molar-refractivity contribution in [3.63, 3.8) is 0 Å². The first kappa shape index (κ1) is 18.9. The van der Waals surface area contributed by atoms with Gasteiger partial charge in [0.05, 0.1) is 12.9 Å². The lowest BCUT2D eigenvalue weighted by atomic mass is 9.50. The molecule has 2 heterocycles. The van der Waals surface area contributed by atoms with E-state index in [9.17, 15) is 8.42 Å². The van der Waals surface area contributed by atoms with Gasteiger partial charge in [0.15, 0.2) is 5.65 Å². The minimum atomic E-state index is -3.41. The van der Waals surface area contributed by atoms with Gasteiger partial charge >= 0.3 is 0 Å². The van der Waals surface area contributed by atoms with Crippen molar-refractivity contribution in [2.45, 2.75) is 63.7 Å². The van der Waals surface area contributed by atoms with Crippen molar-refractivity contribution in [1.29, 1.82) is 0 Å². The summed E-state index contributed by atoms with van der Waals surface area (Å²) in [7, 11) is -3.41. The molecule has 0 aromatic carbocycles. The number of nitrogens with one attached hydrogen (secondary N) is 1. The third kappa shape index (κ3) is 3.27. The second-order valence-corrected chi connectivity index (χ2v) is 12.3. The number of nitrogens with zero attached hydrogens (tertiary/aromatic N) is 3. The third-order valence-corrected chi connectivity index (χ3v) is 8.61. The number of pyridine rings is 1. The number of fused-ring (bicyclic) bond motifs is 1. The first-order valence-corrected chi connectivity index (χ1v) is 13.2. The van der Waals surface area contributed by atoms with E-state index < -0.39 is 10.0 Å². The molecule has 5 saturated carbocycles. The standard InChI is InChI=1S/C22H30N4O3S/c1-30(27,28)25-21-24-23-20-8-19(18(12-26(20)21)17-3-2-4-17)29-13-22-9-14-5-15(10-22)7-16(6-14)11-22/h8,12,14-17H,2-7,9-11,13H2,1H3,(H,24,25). The van der Waals surface area contributed by atoms with Gasteiger partial charge in [0.25, 0.3) is 0 Å². The molecule has 0 aliphatic heterocycles. The van der Waals surface area contributed by atoms with Gasteiger partial charge in [-0.1, -0.05) is 6.42 Å². The Hall–Kier alpha value is -1.83. The smallest absolute Gasteiger partial charge is 0.242 e. The Kier molecular flexibility index (Phi) is 4.15. The molecule has 2 aromatic heterocycles. The Morgan fingerprint density at radius 1 is 1.13 bits per heavy atom. The summed E-state index contributed by atoms with van der Waals surface area (Å²) in [6.07, 6.45) is 14.9. The Labute approximate surface area is 177 Å². The van der Waals surface area contributed by atoms with Crippen molar-refractivity contribution in [3.8, 4) is 5.75 Å². The summed E-state index contributed by atoms with van der Waals surface area (Å²) in [5.41, 5.74) is 2.13. The van der Waals surface area contributed by atoms with E-state index in [4.69, 9.17) is 4.74 Å². The van der Waals surface area contributed by atoms with Gasteiger partial charge < -0.3 is 4.74 Å². The van der Waals surface area contributed by atoms with Gasteiger partial charge in [0.2, 0.25) is 16.0 Å².